The predicted molar refractivity (Wildman–Crippen MR) is 93.1 cm³/mol. The molecule has 0 aliphatic carbocycles. The van der Waals surface area contributed by atoms with E-state index in [4.69, 9.17) is 16.3 Å². The summed E-state index contributed by atoms with van der Waals surface area (Å²) in [6, 6.07) is 17.8. The van der Waals surface area contributed by atoms with E-state index < -0.39 is 0 Å². The molecule has 3 rings (SSSR count). The Bertz CT molecular complexity index is 763. The van der Waals surface area contributed by atoms with Crippen LogP contribution in [0.1, 0.15) is 24.2 Å². The van der Waals surface area contributed by atoms with Gasteiger partial charge in [0.05, 0.1) is 0 Å². The molecule has 3 aromatic rings. The average molecular weight is 346 g/mol. The van der Waals surface area contributed by atoms with Crippen LogP contribution in [0.25, 0.3) is 0 Å². The summed E-state index contributed by atoms with van der Waals surface area (Å²) >= 11 is 7.23. The smallest absolute Gasteiger partial charge is 0.138 e. The maximum Gasteiger partial charge on any atom is 0.138 e. The molecule has 0 unspecified atom stereocenters. The number of hydrogen-bond donors (Lipinski definition) is 1. The second-order valence-corrected chi connectivity index (χ2v) is 6.41. The van der Waals surface area contributed by atoms with Crippen molar-refractivity contribution in [3.63, 3.8) is 0 Å². The lowest BCUT2D eigenvalue weighted by molar-refractivity contribution is 0.460. The number of benzene rings is 2. The van der Waals surface area contributed by atoms with Crippen molar-refractivity contribution < 1.29 is 4.74 Å². The van der Waals surface area contributed by atoms with Crippen molar-refractivity contribution in [2.75, 3.05) is 0 Å². The fourth-order valence-corrected chi connectivity index (χ4v) is 2.84. The second kappa shape index (κ2) is 7.55. The van der Waals surface area contributed by atoms with Crippen molar-refractivity contribution in [2.45, 2.75) is 19.5 Å². The summed E-state index contributed by atoms with van der Waals surface area (Å²) < 4.78 is 10.5. The number of nitrogens with zero attached hydrogens (tertiary/aromatic N) is 2. The van der Waals surface area contributed by atoms with E-state index in [1.54, 1.807) is 0 Å². The minimum absolute atomic E-state index is 0.0904. The molecule has 6 heteroatoms. The molecule has 0 saturated heterocycles. The first-order valence-corrected chi connectivity index (χ1v) is 8.41. The van der Waals surface area contributed by atoms with Gasteiger partial charge in [-0.05, 0) is 25.1 Å². The SMILES string of the molecule is C[C@@H](NCc1nnsc1Cl)c1ccccc1Oc1ccccc1. The normalized spacial score (nSPS) is 12.1. The van der Waals surface area contributed by atoms with Crippen LogP contribution in [0.2, 0.25) is 4.34 Å². The van der Waals surface area contributed by atoms with Gasteiger partial charge in [-0.2, -0.15) is 0 Å². The van der Waals surface area contributed by atoms with Gasteiger partial charge in [-0.15, -0.1) is 5.10 Å². The molecule has 0 spiro atoms. The van der Waals surface area contributed by atoms with Crippen LogP contribution < -0.4 is 10.1 Å². The lowest BCUT2D eigenvalue weighted by Gasteiger charge is -2.17. The molecule has 0 aliphatic heterocycles. The molecule has 0 aliphatic rings. The molecule has 118 valence electrons. The highest BCUT2D eigenvalue weighted by Gasteiger charge is 2.13. The largest absolute Gasteiger partial charge is 0.457 e. The third-order valence-corrected chi connectivity index (χ3v) is 4.43. The topological polar surface area (TPSA) is 47.0 Å². The Morgan fingerprint density at radius 3 is 2.61 bits per heavy atom. The van der Waals surface area contributed by atoms with E-state index in [-0.39, 0.29) is 6.04 Å². The number of halogens is 1. The van der Waals surface area contributed by atoms with E-state index in [0.29, 0.717) is 10.9 Å². The van der Waals surface area contributed by atoms with E-state index in [2.05, 4.69) is 27.9 Å². The predicted octanol–water partition coefficient (Wildman–Crippen LogP) is 4.83. The lowest BCUT2D eigenvalue weighted by atomic mass is 10.1. The number of ether oxygens (including phenoxy) is 1. The summed E-state index contributed by atoms with van der Waals surface area (Å²) in [5, 5.41) is 7.42. The van der Waals surface area contributed by atoms with Crippen LogP contribution in [0.3, 0.4) is 0 Å². The van der Waals surface area contributed by atoms with Crippen LogP contribution in [-0.2, 0) is 6.54 Å². The maximum atomic E-state index is 6.04. The Hall–Kier alpha value is -1.95. The van der Waals surface area contributed by atoms with Gasteiger partial charge in [-0.1, -0.05) is 52.5 Å². The van der Waals surface area contributed by atoms with Gasteiger partial charge >= 0.3 is 0 Å². The number of hydrogen-bond acceptors (Lipinski definition) is 5. The van der Waals surface area contributed by atoms with Gasteiger partial charge in [0, 0.05) is 29.7 Å². The Balaban J connectivity index is 1.73. The highest BCUT2D eigenvalue weighted by Crippen LogP contribution is 2.29. The van der Waals surface area contributed by atoms with E-state index in [1.165, 1.54) is 11.5 Å². The van der Waals surface area contributed by atoms with E-state index in [9.17, 15) is 0 Å². The monoisotopic (exact) mass is 345 g/mol. The summed E-state index contributed by atoms with van der Waals surface area (Å²) in [7, 11) is 0. The van der Waals surface area contributed by atoms with Crippen molar-refractivity contribution in [3.05, 3.63) is 70.2 Å². The molecule has 0 amide bonds. The second-order valence-electron chi connectivity index (χ2n) is 5.05. The van der Waals surface area contributed by atoms with Crippen LogP contribution in [0, 0.1) is 0 Å². The van der Waals surface area contributed by atoms with Crippen LogP contribution >= 0.6 is 23.1 Å². The van der Waals surface area contributed by atoms with Gasteiger partial charge in [0.25, 0.3) is 0 Å². The Morgan fingerprint density at radius 2 is 1.87 bits per heavy atom. The molecular formula is C17H16ClN3OS. The molecule has 1 heterocycles. The fraction of sp³-hybridized carbons (Fsp3) is 0.176. The Labute approximate surface area is 144 Å². The first-order chi connectivity index (χ1) is 11.2. The minimum Gasteiger partial charge on any atom is -0.457 e. The van der Waals surface area contributed by atoms with E-state index >= 15 is 0 Å². The zero-order valence-electron chi connectivity index (χ0n) is 12.6. The van der Waals surface area contributed by atoms with Crippen molar-refractivity contribution >= 4 is 23.1 Å². The van der Waals surface area contributed by atoms with Crippen molar-refractivity contribution in [1.82, 2.24) is 14.9 Å². The fourth-order valence-electron chi connectivity index (χ4n) is 2.21. The standard InChI is InChI=1S/C17H16ClN3OS/c1-12(19-11-15-17(18)23-21-20-15)14-9-5-6-10-16(14)22-13-7-3-2-4-8-13/h2-10,12,19H,11H2,1H3/t12-/m1/s1. The van der Waals surface area contributed by atoms with Crippen molar-refractivity contribution in [1.29, 1.82) is 0 Å². The summed E-state index contributed by atoms with van der Waals surface area (Å²) in [5.74, 6) is 1.65. The molecule has 4 nitrogen and oxygen atoms in total. The number of nitrogens with one attached hydrogen (secondary N) is 1. The highest BCUT2D eigenvalue weighted by molar-refractivity contribution is 7.10. The molecule has 0 radical (unpaired) electrons. The molecule has 0 saturated carbocycles. The Kier molecular flexibility index (Phi) is 5.23. The zero-order valence-corrected chi connectivity index (χ0v) is 14.1. The first kappa shape index (κ1) is 15.9. The van der Waals surface area contributed by atoms with Crippen LogP contribution in [0.15, 0.2) is 54.6 Å². The molecule has 0 bridgehead atoms. The Morgan fingerprint density at radius 1 is 1.13 bits per heavy atom. The maximum absolute atomic E-state index is 6.04. The lowest BCUT2D eigenvalue weighted by Crippen LogP contribution is -2.19. The van der Waals surface area contributed by atoms with Crippen LogP contribution in [0.5, 0.6) is 11.5 Å². The van der Waals surface area contributed by atoms with Gasteiger partial charge in [0.15, 0.2) is 0 Å². The van der Waals surface area contributed by atoms with Crippen LogP contribution in [0.4, 0.5) is 0 Å². The van der Waals surface area contributed by atoms with E-state index in [0.717, 1.165) is 22.8 Å². The van der Waals surface area contributed by atoms with Gasteiger partial charge in [-0.25, -0.2) is 0 Å². The third-order valence-electron chi connectivity index (χ3n) is 3.44. The average Bonchev–Trinajstić information content (AvgIpc) is 2.99. The third kappa shape index (κ3) is 4.07. The van der Waals surface area contributed by atoms with Gasteiger partial charge in [-0.3, -0.25) is 0 Å². The van der Waals surface area contributed by atoms with Crippen molar-refractivity contribution in [3.8, 4) is 11.5 Å². The molecule has 23 heavy (non-hydrogen) atoms. The molecule has 2 aromatic carbocycles. The summed E-state index contributed by atoms with van der Waals surface area (Å²) in [5.41, 5.74) is 1.85. The summed E-state index contributed by atoms with van der Waals surface area (Å²) in [6.45, 7) is 2.65. The highest BCUT2D eigenvalue weighted by atomic mass is 35.5. The quantitative estimate of drug-likeness (QED) is 0.694. The summed E-state index contributed by atoms with van der Waals surface area (Å²) in [6.07, 6.45) is 0. The molecule has 0 fully saturated rings. The number of rotatable bonds is 6. The minimum atomic E-state index is 0.0904. The molecule has 1 N–H and O–H groups in total. The zero-order chi connectivity index (χ0) is 16.1. The van der Waals surface area contributed by atoms with Gasteiger partial charge in [0.2, 0.25) is 0 Å². The number of aromatic nitrogens is 2. The van der Waals surface area contributed by atoms with Crippen LogP contribution in [-0.4, -0.2) is 9.59 Å². The molecular weight excluding hydrogens is 330 g/mol. The van der Waals surface area contributed by atoms with Crippen molar-refractivity contribution in [2.24, 2.45) is 0 Å². The summed E-state index contributed by atoms with van der Waals surface area (Å²) in [4.78, 5) is 0. The number of para-hydroxylation sites is 2. The molecule has 1 aromatic heterocycles. The molecule has 1 atom stereocenters. The first-order valence-electron chi connectivity index (χ1n) is 7.26. The van der Waals surface area contributed by atoms with E-state index in [1.807, 2.05) is 48.5 Å². The van der Waals surface area contributed by atoms with Gasteiger partial charge in [0.1, 0.15) is 21.5 Å². The van der Waals surface area contributed by atoms with Gasteiger partial charge < -0.3 is 10.1 Å².